The van der Waals surface area contributed by atoms with Crippen molar-refractivity contribution in [3.8, 4) is 10.6 Å². The summed E-state index contributed by atoms with van der Waals surface area (Å²) in [6.45, 7) is 4.39. The fourth-order valence-electron chi connectivity index (χ4n) is 2.23. The first-order chi connectivity index (χ1) is 11.9. The van der Waals surface area contributed by atoms with Crippen LogP contribution >= 0.6 is 11.3 Å². The zero-order valence-corrected chi connectivity index (χ0v) is 14.3. The van der Waals surface area contributed by atoms with Gasteiger partial charge in [0.1, 0.15) is 10.7 Å². The van der Waals surface area contributed by atoms with Gasteiger partial charge < -0.3 is 5.32 Å². The highest BCUT2D eigenvalue weighted by Crippen LogP contribution is 2.27. The SMILES string of the molecule is CC(C)Cn1cc(NC(=O)c2csc(-c3cn[nH]c3)n2)c(C(F)F)n1. The molecule has 0 spiro atoms. The molecule has 10 heteroatoms. The Hall–Kier alpha value is -2.62. The van der Waals surface area contributed by atoms with Gasteiger partial charge in [0, 0.05) is 29.9 Å². The number of hydrogen-bond donors (Lipinski definition) is 2. The summed E-state index contributed by atoms with van der Waals surface area (Å²) >= 11 is 1.27. The van der Waals surface area contributed by atoms with Crippen molar-refractivity contribution in [1.29, 1.82) is 0 Å². The number of hydrogen-bond acceptors (Lipinski definition) is 5. The Bertz CT molecular complexity index is 855. The van der Waals surface area contributed by atoms with Crippen LogP contribution in [0.15, 0.2) is 24.0 Å². The van der Waals surface area contributed by atoms with Gasteiger partial charge in [0.15, 0.2) is 5.69 Å². The van der Waals surface area contributed by atoms with Crippen LogP contribution in [0.1, 0.15) is 36.5 Å². The lowest BCUT2D eigenvalue weighted by Gasteiger charge is -2.03. The molecule has 0 saturated heterocycles. The summed E-state index contributed by atoms with van der Waals surface area (Å²) in [6.07, 6.45) is 1.89. The van der Waals surface area contributed by atoms with E-state index in [-0.39, 0.29) is 17.3 Å². The zero-order valence-electron chi connectivity index (χ0n) is 13.5. The normalized spacial score (nSPS) is 11.4. The summed E-state index contributed by atoms with van der Waals surface area (Å²) in [6, 6.07) is 0. The highest BCUT2D eigenvalue weighted by molar-refractivity contribution is 7.13. The van der Waals surface area contributed by atoms with E-state index in [4.69, 9.17) is 0 Å². The first kappa shape index (κ1) is 17.2. The molecule has 3 rings (SSSR count). The topological polar surface area (TPSA) is 88.5 Å². The number of nitrogens with one attached hydrogen (secondary N) is 2. The molecule has 0 unspecified atom stereocenters. The molecule has 0 aromatic carbocycles. The number of amides is 1. The molecular formula is C15H16F2N6OS. The second kappa shape index (κ2) is 7.09. The molecule has 7 nitrogen and oxygen atoms in total. The van der Waals surface area contributed by atoms with Gasteiger partial charge in [-0.2, -0.15) is 10.2 Å². The molecular weight excluding hydrogens is 350 g/mol. The van der Waals surface area contributed by atoms with E-state index in [1.807, 2.05) is 13.8 Å². The van der Waals surface area contributed by atoms with Crippen LogP contribution in [0.2, 0.25) is 0 Å². The van der Waals surface area contributed by atoms with Crippen molar-refractivity contribution in [3.63, 3.8) is 0 Å². The van der Waals surface area contributed by atoms with Crippen molar-refractivity contribution in [2.45, 2.75) is 26.8 Å². The maximum Gasteiger partial charge on any atom is 0.284 e. The number of aromatic amines is 1. The number of carbonyl (C=O) groups excluding carboxylic acids is 1. The summed E-state index contributed by atoms with van der Waals surface area (Å²) in [5, 5.41) is 15.0. The summed E-state index contributed by atoms with van der Waals surface area (Å²) in [5.41, 5.74) is 0.456. The Labute approximate surface area is 146 Å². The van der Waals surface area contributed by atoms with E-state index >= 15 is 0 Å². The molecule has 132 valence electrons. The zero-order chi connectivity index (χ0) is 18.0. The monoisotopic (exact) mass is 366 g/mol. The third-order valence-corrected chi connectivity index (χ3v) is 4.17. The number of alkyl halides is 2. The predicted molar refractivity (Wildman–Crippen MR) is 89.7 cm³/mol. The van der Waals surface area contributed by atoms with E-state index in [9.17, 15) is 13.6 Å². The van der Waals surface area contributed by atoms with Crippen LogP contribution in [-0.2, 0) is 6.54 Å². The van der Waals surface area contributed by atoms with Crippen molar-refractivity contribution in [1.82, 2.24) is 25.0 Å². The van der Waals surface area contributed by atoms with E-state index in [2.05, 4.69) is 25.6 Å². The van der Waals surface area contributed by atoms with Crippen LogP contribution in [0.3, 0.4) is 0 Å². The second-order valence-corrected chi connectivity index (χ2v) is 6.68. The number of halogens is 2. The van der Waals surface area contributed by atoms with Crippen LogP contribution in [0.4, 0.5) is 14.5 Å². The van der Waals surface area contributed by atoms with Gasteiger partial charge in [-0.3, -0.25) is 14.6 Å². The molecule has 0 fully saturated rings. The third-order valence-electron chi connectivity index (χ3n) is 3.28. The van der Waals surface area contributed by atoms with E-state index in [1.54, 1.807) is 17.8 Å². The number of aromatic nitrogens is 5. The van der Waals surface area contributed by atoms with Gasteiger partial charge >= 0.3 is 0 Å². The highest BCUT2D eigenvalue weighted by Gasteiger charge is 2.22. The Morgan fingerprint density at radius 1 is 1.44 bits per heavy atom. The van der Waals surface area contributed by atoms with Crippen LogP contribution in [0.25, 0.3) is 10.6 Å². The second-order valence-electron chi connectivity index (χ2n) is 5.82. The average molecular weight is 366 g/mol. The molecule has 0 aliphatic rings. The molecule has 0 radical (unpaired) electrons. The van der Waals surface area contributed by atoms with Crippen molar-refractivity contribution >= 4 is 22.9 Å². The Morgan fingerprint density at radius 2 is 2.24 bits per heavy atom. The molecule has 25 heavy (non-hydrogen) atoms. The Morgan fingerprint density at radius 3 is 2.88 bits per heavy atom. The number of H-pyrrole nitrogens is 1. The lowest BCUT2D eigenvalue weighted by molar-refractivity contribution is 0.102. The summed E-state index contributed by atoms with van der Waals surface area (Å²) < 4.78 is 27.8. The van der Waals surface area contributed by atoms with Gasteiger partial charge in [-0.1, -0.05) is 13.8 Å². The Kier molecular flexibility index (Phi) is 4.88. The minimum absolute atomic E-state index is 0.00138. The van der Waals surface area contributed by atoms with E-state index in [0.717, 1.165) is 5.56 Å². The van der Waals surface area contributed by atoms with Gasteiger partial charge in [-0.05, 0) is 5.92 Å². The molecule has 0 atom stereocenters. The van der Waals surface area contributed by atoms with Crippen LogP contribution < -0.4 is 5.32 Å². The van der Waals surface area contributed by atoms with Crippen molar-refractivity contribution < 1.29 is 13.6 Å². The van der Waals surface area contributed by atoms with E-state index in [1.165, 1.54) is 22.2 Å². The number of nitrogens with zero attached hydrogens (tertiary/aromatic N) is 4. The van der Waals surface area contributed by atoms with Gasteiger partial charge in [-0.15, -0.1) is 11.3 Å². The minimum Gasteiger partial charge on any atom is -0.317 e. The number of anilines is 1. The lowest BCUT2D eigenvalue weighted by Crippen LogP contribution is -2.13. The van der Waals surface area contributed by atoms with Crippen LogP contribution in [0, 0.1) is 5.92 Å². The molecule has 0 bridgehead atoms. The fourth-order valence-corrected chi connectivity index (χ4v) is 3.01. The number of rotatable bonds is 6. The third kappa shape index (κ3) is 3.90. The average Bonchev–Trinajstić information content (AvgIpc) is 3.26. The van der Waals surface area contributed by atoms with E-state index in [0.29, 0.717) is 11.6 Å². The van der Waals surface area contributed by atoms with Gasteiger partial charge in [0.25, 0.3) is 12.3 Å². The van der Waals surface area contributed by atoms with E-state index < -0.39 is 18.0 Å². The number of thiazole rings is 1. The predicted octanol–water partition coefficient (Wildman–Crippen LogP) is 3.58. The van der Waals surface area contributed by atoms with Crippen molar-refractivity contribution in [3.05, 3.63) is 35.4 Å². The minimum atomic E-state index is -2.78. The van der Waals surface area contributed by atoms with Crippen LogP contribution in [0.5, 0.6) is 0 Å². The first-order valence-electron chi connectivity index (χ1n) is 7.55. The lowest BCUT2D eigenvalue weighted by atomic mass is 10.2. The van der Waals surface area contributed by atoms with Crippen LogP contribution in [-0.4, -0.2) is 30.9 Å². The van der Waals surface area contributed by atoms with Gasteiger partial charge in [0.05, 0.1) is 11.9 Å². The first-order valence-corrected chi connectivity index (χ1v) is 8.43. The summed E-state index contributed by atoms with van der Waals surface area (Å²) in [4.78, 5) is 16.5. The molecule has 2 N–H and O–H groups in total. The van der Waals surface area contributed by atoms with Gasteiger partial charge in [0.2, 0.25) is 0 Å². The highest BCUT2D eigenvalue weighted by atomic mass is 32.1. The van der Waals surface area contributed by atoms with Gasteiger partial charge in [-0.25, -0.2) is 13.8 Å². The molecule has 0 aliphatic carbocycles. The Balaban J connectivity index is 1.79. The molecule has 1 amide bonds. The maximum absolute atomic E-state index is 13.2. The standard InChI is InChI=1S/C15H16F2N6OS/c1-8(2)5-23-6-10(12(22-23)13(16)17)20-14(24)11-7-25-15(21-11)9-3-18-19-4-9/h3-4,6-8,13H,5H2,1-2H3,(H,18,19)(H,20,24). The molecule has 0 saturated carbocycles. The fraction of sp³-hybridized carbons (Fsp3) is 0.333. The maximum atomic E-state index is 13.2. The molecule has 3 aromatic rings. The molecule has 0 aliphatic heterocycles. The number of carbonyl (C=O) groups is 1. The summed E-state index contributed by atoms with van der Waals surface area (Å²) in [7, 11) is 0. The largest absolute Gasteiger partial charge is 0.317 e. The molecule has 3 heterocycles. The van der Waals surface area contributed by atoms with Crippen molar-refractivity contribution in [2.24, 2.45) is 5.92 Å². The smallest absolute Gasteiger partial charge is 0.284 e. The quantitative estimate of drug-likeness (QED) is 0.698. The van der Waals surface area contributed by atoms with Crippen molar-refractivity contribution in [2.75, 3.05) is 5.32 Å². The summed E-state index contributed by atoms with van der Waals surface area (Å²) in [5.74, 6) is -0.318. The molecule has 3 aromatic heterocycles.